The van der Waals surface area contributed by atoms with Crippen LogP contribution in [0.15, 0.2) is 58.5 Å². The van der Waals surface area contributed by atoms with Gasteiger partial charge in [0, 0.05) is 12.0 Å². The van der Waals surface area contributed by atoms with Crippen LogP contribution in [0.5, 0.6) is 0 Å². The van der Waals surface area contributed by atoms with E-state index in [1.807, 2.05) is 0 Å². The Morgan fingerprint density at radius 2 is 1.88 bits per heavy atom. The van der Waals surface area contributed by atoms with Gasteiger partial charge in [0.15, 0.2) is 0 Å². The smallest absolute Gasteiger partial charge is 0.267 e. The van der Waals surface area contributed by atoms with E-state index >= 15 is 0 Å². The quantitative estimate of drug-likeness (QED) is 0.916. The zero-order valence-corrected chi connectivity index (χ0v) is 13.3. The van der Waals surface area contributed by atoms with E-state index in [2.05, 4.69) is 5.10 Å². The fraction of sp³-hybridized carbons (Fsp3) is 0.125. The Kier molecular flexibility index (Phi) is 4.16. The number of benzene rings is 2. The third-order valence-electron chi connectivity index (χ3n) is 3.62. The Bertz CT molecular complexity index is 924. The number of hydrogen-bond donors (Lipinski definition) is 1. The van der Waals surface area contributed by atoms with Gasteiger partial charge in [-0.25, -0.2) is 23.0 Å². The maximum Gasteiger partial charge on any atom is 0.274 e. The van der Waals surface area contributed by atoms with Crippen molar-refractivity contribution >= 4 is 21.6 Å². The number of hydrogen-bond acceptors (Lipinski definition) is 4. The van der Waals surface area contributed by atoms with Gasteiger partial charge in [0.1, 0.15) is 5.82 Å². The molecule has 0 aliphatic carbocycles. The minimum atomic E-state index is -3.75. The molecule has 0 spiro atoms. The van der Waals surface area contributed by atoms with Crippen LogP contribution in [-0.4, -0.2) is 31.6 Å². The van der Waals surface area contributed by atoms with Crippen LogP contribution < -0.4 is 5.14 Å². The van der Waals surface area contributed by atoms with Gasteiger partial charge >= 0.3 is 0 Å². The first-order chi connectivity index (χ1) is 11.3. The molecule has 2 aromatic rings. The van der Waals surface area contributed by atoms with Crippen molar-refractivity contribution in [3.63, 3.8) is 0 Å². The lowest BCUT2D eigenvalue weighted by Crippen LogP contribution is -2.23. The van der Waals surface area contributed by atoms with Crippen molar-refractivity contribution in [2.45, 2.75) is 11.3 Å². The van der Waals surface area contributed by atoms with Crippen LogP contribution in [0.3, 0.4) is 0 Å². The third kappa shape index (κ3) is 3.34. The molecule has 24 heavy (non-hydrogen) atoms. The number of hydrazone groups is 1. The summed E-state index contributed by atoms with van der Waals surface area (Å²) in [5.41, 5.74) is 1.59. The molecule has 1 aliphatic heterocycles. The SMILES string of the molecule is NS(=O)(=O)c1ccc(C2=NN(C(=O)c3cccc(F)c3)CC2)cc1. The minimum absolute atomic E-state index is 0.0116. The fourth-order valence-corrected chi connectivity index (χ4v) is 2.93. The number of primary sulfonamides is 1. The van der Waals surface area contributed by atoms with E-state index in [1.54, 1.807) is 12.1 Å². The Morgan fingerprint density at radius 1 is 1.17 bits per heavy atom. The Morgan fingerprint density at radius 3 is 2.50 bits per heavy atom. The normalized spacial score (nSPS) is 14.6. The minimum Gasteiger partial charge on any atom is -0.267 e. The summed E-state index contributed by atoms with van der Waals surface area (Å²) < 4.78 is 35.7. The Hall–Kier alpha value is -2.58. The summed E-state index contributed by atoms with van der Waals surface area (Å²) in [5.74, 6) is -0.867. The predicted molar refractivity (Wildman–Crippen MR) is 86.4 cm³/mol. The highest BCUT2D eigenvalue weighted by Gasteiger charge is 2.23. The standard InChI is InChI=1S/C16H14FN3O3S/c17-13-3-1-2-12(10-13)16(21)20-9-8-15(19-20)11-4-6-14(7-5-11)24(18,22)23/h1-7,10H,8-9H2,(H2,18,22,23). The fourth-order valence-electron chi connectivity index (χ4n) is 2.41. The Balaban J connectivity index is 1.82. The molecule has 0 unspecified atom stereocenters. The van der Waals surface area contributed by atoms with Crippen molar-refractivity contribution in [1.29, 1.82) is 0 Å². The van der Waals surface area contributed by atoms with Gasteiger partial charge in [-0.05, 0) is 35.9 Å². The number of nitrogens with two attached hydrogens (primary N) is 1. The van der Waals surface area contributed by atoms with Gasteiger partial charge in [0.25, 0.3) is 5.91 Å². The van der Waals surface area contributed by atoms with Crippen molar-refractivity contribution in [2.75, 3.05) is 6.54 Å². The number of carbonyl (C=O) groups is 1. The van der Waals surface area contributed by atoms with Gasteiger partial charge in [0.2, 0.25) is 10.0 Å². The first-order valence-electron chi connectivity index (χ1n) is 7.13. The second kappa shape index (κ2) is 6.14. The molecule has 0 saturated heterocycles. The van der Waals surface area contributed by atoms with E-state index in [-0.39, 0.29) is 16.4 Å². The molecule has 8 heteroatoms. The van der Waals surface area contributed by atoms with Gasteiger partial charge in [-0.15, -0.1) is 0 Å². The maximum atomic E-state index is 13.2. The van der Waals surface area contributed by atoms with Crippen LogP contribution in [0.1, 0.15) is 22.3 Å². The van der Waals surface area contributed by atoms with Crippen LogP contribution >= 0.6 is 0 Å². The molecule has 6 nitrogen and oxygen atoms in total. The molecule has 0 aromatic heterocycles. The maximum absolute atomic E-state index is 13.2. The van der Waals surface area contributed by atoms with Crippen LogP contribution in [0.4, 0.5) is 4.39 Å². The lowest BCUT2D eigenvalue weighted by atomic mass is 10.1. The molecular formula is C16H14FN3O3S. The molecule has 2 aromatic carbocycles. The highest BCUT2D eigenvalue weighted by Crippen LogP contribution is 2.18. The second-order valence-electron chi connectivity index (χ2n) is 5.30. The number of nitrogens with zero attached hydrogens (tertiary/aromatic N) is 2. The Labute approximate surface area is 138 Å². The molecular weight excluding hydrogens is 333 g/mol. The summed E-state index contributed by atoms with van der Waals surface area (Å²) in [4.78, 5) is 12.3. The first kappa shape index (κ1) is 16.3. The van der Waals surface area contributed by atoms with E-state index in [0.717, 1.165) is 6.07 Å². The van der Waals surface area contributed by atoms with Gasteiger partial charge in [-0.2, -0.15) is 5.10 Å². The van der Waals surface area contributed by atoms with Crippen molar-refractivity contribution in [3.05, 3.63) is 65.5 Å². The lowest BCUT2D eigenvalue weighted by molar-refractivity contribution is 0.0778. The monoisotopic (exact) mass is 347 g/mol. The molecule has 3 rings (SSSR count). The summed E-state index contributed by atoms with van der Waals surface area (Å²) in [6.45, 7) is 0.377. The van der Waals surface area contributed by atoms with Gasteiger partial charge < -0.3 is 0 Å². The number of carbonyl (C=O) groups excluding carboxylic acids is 1. The predicted octanol–water partition coefficient (Wildman–Crippen LogP) is 1.72. The highest BCUT2D eigenvalue weighted by molar-refractivity contribution is 7.89. The average Bonchev–Trinajstić information content (AvgIpc) is 3.03. The van der Waals surface area contributed by atoms with E-state index in [9.17, 15) is 17.6 Å². The molecule has 2 N–H and O–H groups in total. The molecule has 0 fully saturated rings. The van der Waals surface area contributed by atoms with Crippen molar-refractivity contribution in [2.24, 2.45) is 10.2 Å². The number of sulfonamides is 1. The van der Waals surface area contributed by atoms with Crippen LogP contribution in [0, 0.1) is 5.82 Å². The molecule has 0 saturated carbocycles. The first-order valence-corrected chi connectivity index (χ1v) is 8.67. The molecule has 1 heterocycles. The zero-order chi connectivity index (χ0) is 17.3. The third-order valence-corrected chi connectivity index (χ3v) is 4.55. The molecule has 0 atom stereocenters. The summed E-state index contributed by atoms with van der Waals surface area (Å²) in [7, 11) is -3.75. The zero-order valence-electron chi connectivity index (χ0n) is 12.5. The second-order valence-corrected chi connectivity index (χ2v) is 6.87. The molecule has 0 radical (unpaired) electrons. The topological polar surface area (TPSA) is 92.8 Å². The van der Waals surface area contributed by atoms with Crippen molar-refractivity contribution in [3.8, 4) is 0 Å². The van der Waals surface area contributed by atoms with Crippen LogP contribution in [0.2, 0.25) is 0 Å². The van der Waals surface area contributed by atoms with E-state index in [1.165, 1.54) is 35.3 Å². The summed E-state index contributed by atoms with van der Waals surface area (Å²) >= 11 is 0. The molecule has 124 valence electrons. The average molecular weight is 347 g/mol. The molecule has 1 amide bonds. The largest absolute Gasteiger partial charge is 0.274 e. The van der Waals surface area contributed by atoms with E-state index in [4.69, 9.17) is 5.14 Å². The number of amides is 1. The van der Waals surface area contributed by atoms with Gasteiger partial charge in [0.05, 0.1) is 17.2 Å². The molecule has 0 bridgehead atoms. The lowest BCUT2D eigenvalue weighted by Gasteiger charge is -2.11. The summed E-state index contributed by atoms with van der Waals surface area (Å²) in [5, 5.41) is 10.6. The summed E-state index contributed by atoms with van der Waals surface area (Å²) in [6.07, 6.45) is 0.524. The van der Waals surface area contributed by atoms with Crippen molar-refractivity contribution < 1.29 is 17.6 Å². The van der Waals surface area contributed by atoms with E-state index < -0.39 is 15.8 Å². The van der Waals surface area contributed by atoms with Crippen LogP contribution in [0.25, 0.3) is 0 Å². The summed E-state index contributed by atoms with van der Waals surface area (Å²) in [6, 6.07) is 11.4. The van der Waals surface area contributed by atoms with Crippen molar-refractivity contribution in [1.82, 2.24) is 5.01 Å². The molecule has 1 aliphatic rings. The van der Waals surface area contributed by atoms with E-state index in [0.29, 0.717) is 24.2 Å². The number of halogens is 1. The number of rotatable bonds is 3. The van der Waals surface area contributed by atoms with Gasteiger partial charge in [-0.3, -0.25) is 4.79 Å². The van der Waals surface area contributed by atoms with Crippen LogP contribution in [-0.2, 0) is 10.0 Å². The van der Waals surface area contributed by atoms with Gasteiger partial charge in [-0.1, -0.05) is 18.2 Å². The highest BCUT2D eigenvalue weighted by atomic mass is 32.2.